The molecule has 0 radical (unpaired) electrons. The number of hydrogen-bond donors (Lipinski definition) is 1. The Bertz CT molecular complexity index is 815. The molecule has 1 heterocycles. The fourth-order valence-electron chi connectivity index (χ4n) is 3.32. The first-order valence-corrected chi connectivity index (χ1v) is 10.6. The van der Waals surface area contributed by atoms with Crippen LogP contribution in [-0.2, 0) is 4.74 Å². The second-order valence-corrected chi connectivity index (χ2v) is 7.42. The van der Waals surface area contributed by atoms with Crippen molar-refractivity contribution in [3.63, 3.8) is 0 Å². The van der Waals surface area contributed by atoms with Gasteiger partial charge in [0.2, 0.25) is 0 Å². The van der Waals surface area contributed by atoms with Gasteiger partial charge in [0.25, 0.3) is 5.91 Å². The molecule has 30 heavy (non-hydrogen) atoms. The normalized spacial score (nSPS) is 16.7. The first-order chi connectivity index (χ1) is 14.6. The summed E-state index contributed by atoms with van der Waals surface area (Å²) in [6, 6.07) is 12.7. The second kappa shape index (κ2) is 10.9. The van der Waals surface area contributed by atoms with E-state index in [2.05, 4.69) is 12.2 Å². The lowest BCUT2D eigenvalue weighted by Crippen LogP contribution is -2.26. The van der Waals surface area contributed by atoms with Crippen LogP contribution < -0.4 is 19.5 Å². The molecule has 1 N–H and O–H groups in total. The van der Waals surface area contributed by atoms with Gasteiger partial charge in [-0.15, -0.1) is 0 Å². The lowest BCUT2D eigenvalue weighted by molar-refractivity contribution is 0.0679. The Morgan fingerprint density at radius 3 is 2.63 bits per heavy atom. The molecule has 2 atom stereocenters. The van der Waals surface area contributed by atoms with Crippen molar-refractivity contribution in [3.8, 4) is 17.2 Å². The average molecular weight is 414 g/mol. The molecule has 1 amide bonds. The van der Waals surface area contributed by atoms with Gasteiger partial charge in [0.15, 0.2) is 11.5 Å². The number of benzene rings is 2. The highest BCUT2D eigenvalue weighted by molar-refractivity contribution is 5.94. The molecule has 1 aliphatic rings. The Hall–Kier alpha value is -2.73. The van der Waals surface area contributed by atoms with Gasteiger partial charge < -0.3 is 24.3 Å². The highest BCUT2D eigenvalue weighted by atomic mass is 16.5. The van der Waals surface area contributed by atoms with Crippen LogP contribution in [0, 0.1) is 0 Å². The van der Waals surface area contributed by atoms with Crippen LogP contribution in [0.2, 0.25) is 0 Å². The monoisotopic (exact) mass is 413 g/mol. The van der Waals surface area contributed by atoms with E-state index >= 15 is 0 Å². The number of carbonyl (C=O) groups excluding carboxylic acids is 1. The first kappa shape index (κ1) is 22.0. The van der Waals surface area contributed by atoms with Gasteiger partial charge in [0.1, 0.15) is 12.4 Å². The summed E-state index contributed by atoms with van der Waals surface area (Å²) >= 11 is 0. The highest BCUT2D eigenvalue weighted by Gasteiger charge is 2.17. The number of nitrogens with one attached hydrogen (secondary N) is 1. The van der Waals surface area contributed by atoms with Crippen LogP contribution in [0.15, 0.2) is 42.5 Å². The zero-order chi connectivity index (χ0) is 21.3. The molecular formula is C24H31NO5. The number of hydrogen-bond acceptors (Lipinski definition) is 5. The largest absolute Gasteiger partial charge is 0.493 e. The Balaban J connectivity index is 1.56. The standard InChI is InChI=1S/C24H31NO5/c1-4-13-29-22-12-9-19(15-23(22)27-3)17(2)25-24(26)18-7-10-20(11-8-18)30-16-21-6-5-14-28-21/h7-12,15,17,21H,4-6,13-14,16H2,1-3H3,(H,25,26). The van der Waals surface area contributed by atoms with E-state index in [1.165, 1.54) is 0 Å². The van der Waals surface area contributed by atoms with Crippen molar-refractivity contribution in [2.24, 2.45) is 0 Å². The van der Waals surface area contributed by atoms with E-state index in [0.717, 1.165) is 37.2 Å². The molecule has 1 saturated heterocycles. The van der Waals surface area contributed by atoms with E-state index in [4.69, 9.17) is 18.9 Å². The van der Waals surface area contributed by atoms with Gasteiger partial charge in [-0.05, 0) is 68.1 Å². The molecule has 0 bridgehead atoms. The van der Waals surface area contributed by atoms with E-state index in [-0.39, 0.29) is 18.1 Å². The van der Waals surface area contributed by atoms with Crippen LogP contribution >= 0.6 is 0 Å². The first-order valence-electron chi connectivity index (χ1n) is 10.6. The zero-order valence-corrected chi connectivity index (χ0v) is 18.0. The third-order valence-electron chi connectivity index (χ3n) is 5.07. The lowest BCUT2D eigenvalue weighted by atomic mass is 10.1. The third kappa shape index (κ3) is 5.89. The van der Waals surface area contributed by atoms with Gasteiger partial charge in [-0.25, -0.2) is 0 Å². The van der Waals surface area contributed by atoms with Crippen molar-refractivity contribution in [1.82, 2.24) is 5.32 Å². The van der Waals surface area contributed by atoms with E-state index in [1.807, 2.05) is 37.3 Å². The fraction of sp³-hybridized carbons (Fsp3) is 0.458. The summed E-state index contributed by atoms with van der Waals surface area (Å²) < 4.78 is 22.4. The quantitative estimate of drug-likeness (QED) is 0.620. The van der Waals surface area contributed by atoms with Gasteiger partial charge in [-0.3, -0.25) is 4.79 Å². The molecule has 6 heteroatoms. The predicted octanol–water partition coefficient (Wildman–Crippen LogP) is 4.53. The summed E-state index contributed by atoms with van der Waals surface area (Å²) in [5.74, 6) is 1.97. The van der Waals surface area contributed by atoms with Crippen LogP contribution in [0.3, 0.4) is 0 Å². The molecule has 0 spiro atoms. The van der Waals surface area contributed by atoms with Crippen molar-refractivity contribution in [2.45, 2.75) is 45.3 Å². The summed E-state index contributed by atoms with van der Waals surface area (Å²) in [5, 5.41) is 3.03. The van der Waals surface area contributed by atoms with Gasteiger partial charge >= 0.3 is 0 Å². The number of rotatable bonds is 10. The van der Waals surface area contributed by atoms with Gasteiger partial charge in [-0.1, -0.05) is 13.0 Å². The van der Waals surface area contributed by atoms with Gasteiger partial charge in [-0.2, -0.15) is 0 Å². The fourth-order valence-corrected chi connectivity index (χ4v) is 3.32. The van der Waals surface area contributed by atoms with E-state index < -0.39 is 0 Å². The molecule has 2 aromatic carbocycles. The molecule has 0 aromatic heterocycles. The number of amides is 1. The van der Waals surface area contributed by atoms with Crippen molar-refractivity contribution in [3.05, 3.63) is 53.6 Å². The summed E-state index contributed by atoms with van der Waals surface area (Å²) in [7, 11) is 1.61. The van der Waals surface area contributed by atoms with E-state index in [9.17, 15) is 4.79 Å². The lowest BCUT2D eigenvalue weighted by Gasteiger charge is -2.17. The van der Waals surface area contributed by atoms with E-state index in [1.54, 1.807) is 19.2 Å². The van der Waals surface area contributed by atoms with Crippen molar-refractivity contribution < 1.29 is 23.7 Å². The molecule has 6 nitrogen and oxygen atoms in total. The number of ether oxygens (including phenoxy) is 4. The molecule has 1 aliphatic heterocycles. The zero-order valence-electron chi connectivity index (χ0n) is 18.0. The molecular weight excluding hydrogens is 382 g/mol. The molecule has 0 aliphatic carbocycles. The van der Waals surface area contributed by atoms with Crippen LogP contribution in [0.25, 0.3) is 0 Å². The summed E-state index contributed by atoms with van der Waals surface area (Å²) in [5.41, 5.74) is 1.53. The Morgan fingerprint density at radius 2 is 1.97 bits per heavy atom. The van der Waals surface area contributed by atoms with Crippen molar-refractivity contribution in [2.75, 3.05) is 26.9 Å². The maximum Gasteiger partial charge on any atom is 0.251 e. The van der Waals surface area contributed by atoms with Gasteiger partial charge in [0.05, 0.1) is 25.9 Å². The molecule has 2 aromatic rings. The third-order valence-corrected chi connectivity index (χ3v) is 5.07. The molecule has 162 valence electrons. The summed E-state index contributed by atoms with van der Waals surface area (Å²) in [6.07, 6.45) is 3.22. The highest BCUT2D eigenvalue weighted by Crippen LogP contribution is 2.30. The Morgan fingerprint density at radius 1 is 1.17 bits per heavy atom. The molecule has 1 fully saturated rings. The predicted molar refractivity (Wildman–Crippen MR) is 116 cm³/mol. The second-order valence-electron chi connectivity index (χ2n) is 7.42. The molecule has 3 rings (SSSR count). The topological polar surface area (TPSA) is 66.0 Å². The van der Waals surface area contributed by atoms with Crippen LogP contribution in [-0.4, -0.2) is 38.9 Å². The van der Waals surface area contributed by atoms with Crippen molar-refractivity contribution in [1.29, 1.82) is 0 Å². The molecule has 2 unspecified atom stereocenters. The minimum atomic E-state index is -0.179. The number of methoxy groups -OCH3 is 1. The smallest absolute Gasteiger partial charge is 0.251 e. The molecule has 0 saturated carbocycles. The van der Waals surface area contributed by atoms with Gasteiger partial charge in [0, 0.05) is 12.2 Å². The van der Waals surface area contributed by atoms with E-state index in [0.29, 0.717) is 30.3 Å². The number of carbonyl (C=O) groups is 1. The maximum atomic E-state index is 12.6. The van der Waals surface area contributed by atoms with Crippen LogP contribution in [0.5, 0.6) is 17.2 Å². The summed E-state index contributed by atoms with van der Waals surface area (Å²) in [4.78, 5) is 12.6. The van der Waals surface area contributed by atoms with Crippen LogP contribution in [0.1, 0.15) is 55.1 Å². The van der Waals surface area contributed by atoms with Crippen molar-refractivity contribution >= 4 is 5.91 Å². The maximum absolute atomic E-state index is 12.6. The minimum absolute atomic E-state index is 0.140. The SMILES string of the molecule is CCCOc1ccc(C(C)NC(=O)c2ccc(OCC3CCCO3)cc2)cc1OC. The summed E-state index contributed by atoms with van der Waals surface area (Å²) in [6.45, 7) is 5.99. The average Bonchev–Trinajstić information content (AvgIpc) is 3.30. The van der Waals surface area contributed by atoms with Crippen LogP contribution in [0.4, 0.5) is 0 Å². The Kier molecular flexibility index (Phi) is 7.97. The Labute approximate surface area is 178 Å². The minimum Gasteiger partial charge on any atom is -0.493 e.